The maximum Gasteiger partial charge on any atom is 0.344 e. The highest BCUT2D eigenvalue weighted by molar-refractivity contribution is 5.81. The van der Waals surface area contributed by atoms with Gasteiger partial charge < -0.3 is 14.8 Å². The van der Waals surface area contributed by atoms with Crippen LogP contribution < -0.4 is 10.1 Å². The summed E-state index contributed by atoms with van der Waals surface area (Å²) in [6, 6.07) is 5.22. The maximum absolute atomic E-state index is 12.6. The molecule has 0 heterocycles. The molecule has 0 saturated heterocycles. The fourth-order valence-corrected chi connectivity index (χ4v) is 1.22. The number of halogens is 1. The van der Waals surface area contributed by atoms with Crippen LogP contribution in [0.2, 0.25) is 0 Å². The van der Waals surface area contributed by atoms with Crippen LogP contribution in [0.1, 0.15) is 13.8 Å². The Morgan fingerprint density at radius 2 is 1.84 bits per heavy atom. The van der Waals surface area contributed by atoms with Crippen molar-refractivity contribution in [1.82, 2.24) is 5.32 Å². The Balaban J connectivity index is 2.24. The lowest BCUT2D eigenvalue weighted by Crippen LogP contribution is -2.34. The van der Waals surface area contributed by atoms with Crippen molar-refractivity contribution in [1.29, 1.82) is 0 Å². The third-order valence-corrected chi connectivity index (χ3v) is 1.98. The quantitative estimate of drug-likeness (QED) is 0.790. The molecule has 1 N–H and O–H groups in total. The normalized spacial score (nSPS) is 10.1. The van der Waals surface area contributed by atoms with Crippen molar-refractivity contribution < 1.29 is 23.5 Å². The molecule has 1 amide bonds. The summed E-state index contributed by atoms with van der Waals surface area (Å²) in [7, 11) is 0. The number of hydrogen-bond acceptors (Lipinski definition) is 4. The van der Waals surface area contributed by atoms with Crippen LogP contribution in [0.5, 0.6) is 5.75 Å². The van der Waals surface area contributed by atoms with Gasteiger partial charge in [-0.3, -0.25) is 4.79 Å². The number of nitrogens with one attached hydrogen (secondary N) is 1. The average Bonchev–Trinajstić information content (AvgIpc) is 2.35. The zero-order chi connectivity index (χ0) is 14.3. The Labute approximate surface area is 110 Å². The first-order valence-electron chi connectivity index (χ1n) is 5.80. The van der Waals surface area contributed by atoms with E-state index in [1.54, 1.807) is 13.8 Å². The van der Waals surface area contributed by atoms with Crippen LogP contribution >= 0.6 is 0 Å². The second-order valence-electron chi connectivity index (χ2n) is 4.13. The van der Waals surface area contributed by atoms with Gasteiger partial charge in [0.25, 0.3) is 5.91 Å². The van der Waals surface area contributed by atoms with Crippen molar-refractivity contribution in [2.75, 3.05) is 13.2 Å². The van der Waals surface area contributed by atoms with E-state index in [1.807, 2.05) is 0 Å². The molecule has 6 heteroatoms. The predicted molar refractivity (Wildman–Crippen MR) is 66.1 cm³/mol. The summed E-state index contributed by atoms with van der Waals surface area (Å²) in [4.78, 5) is 22.5. The molecule has 1 aromatic rings. The lowest BCUT2D eigenvalue weighted by Gasteiger charge is -2.09. The Morgan fingerprint density at radius 3 is 2.42 bits per heavy atom. The minimum Gasteiger partial charge on any atom is -0.482 e. The Morgan fingerprint density at radius 1 is 1.21 bits per heavy atom. The van der Waals surface area contributed by atoms with Gasteiger partial charge in [-0.2, -0.15) is 0 Å². The first-order chi connectivity index (χ1) is 8.97. The fraction of sp³-hybridized carbons (Fsp3) is 0.385. The molecule has 0 atom stereocenters. The SMILES string of the molecule is CC(C)NC(=O)COC(=O)COc1ccc(F)cc1. The van der Waals surface area contributed by atoms with Gasteiger partial charge in [-0.1, -0.05) is 0 Å². The summed E-state index contributed by atoms with van der Waals surface area (Å²) in [6.45, 7) is 2.93. The lowest BCUT2D eigenvalue weighted by molar-refractivity contribution is -0.150. The predicted octanol–water partition coefficient (Wildman–Crippen LogP) is 1.27. The molecule has 19 heavy (non-hydrogen) atoms. The third-order valence-electron chi connectivity index (χ3n) is 1.98. The van der Waals surface area contributed by atoms with E-state index in [2.05, 4.69) is 5.32 Å². The number of amides is 1. The van der Waals surface area contributed by atoms with Crippen molar-refractivity contribution in [3.63, 3.8) is 0 Å². The molecule has 0 fully saturated rings. The van der Waals surface area contributed by atoms with Gasteiger partial charge in [0.1, 0.15) is 11.6 Å². The Hall–Kier alpha value is -2.11. The molecule has 5 nitrogen and oxygen atoms in total. The molecular formula is C13H16FNO4. The average molecular weight is 269 g/mol. The molecule has 0 saturated carbocycles. The zero-order valence-electron chi connectivity index (χ0n) is 10.8. The smallest absolute Gasteiger partial charge is 0.344 e. The van der Waals surface area contributed by atoms with Crippen molar-refractivity contribution in [3.8, 4) is 5.75 Å². The first-order valence-corrected chi connectivity index (χ1v) is 5.80. The number of ether oxygens (including phenoxy) is 2. The van der Waals surface area contributed by atoms with Gasteiger partial charge in [0.15, 0.2) is 13.2 Å². The van der Waals surface area contributed by atoms with Crippen molar-refractivity contribution >= 4 is 11.9 Å². The van der Waals surface area contributed by atoms with Gasteiger partial charge in [-0.05, 0) is 38.1 Å². The van der Waals surface area contributed by atoms with Crippen LogP contribution in [0.25, 0.3) is 0 Å². The van der Waals surface area contributed by atoms with Crippen LogP contribution in [0.3, 0.4) is 0 Å². The lowest BCUT2D eigenvalue weighted by atomic mass is 10.3. The number of rotatable bonds is 6. The highest BCUT2D eigenvalue weighted by atomic mass is 19.1. The summed E-state index contributed by atoms with van der Waals surface area (Å²) >= 11 is 0. The van der Waals surface area contributed by atoms with E-state index in [0.717, 1.165) is 0 Å². The molecule has 0 aliphatic heterocycles. The minimum absolute atomic E-state index is 0.0123. The molecule has 0 aliphatic carbocycles. The maximum atomic E-state index is 12.6. The Kier molecular flexibility index (Phi) is 5.78. The number of esters is 1. The topological polar surface area (TPSA) is 64.6 Å². The molecule has 104 valence electrons. The largest absolute Gasteiger partial charge is 0.482 e. The van der Waals surface area contributed by atoms with Crippen LogP contribution in [0.4, 0.5) is 4.39 Å². The van der Waals surface area contributed by atoms with E-state index in [0.29, 0.717) is 5.75 Å². The minimum atomic E-state index is -0.664. The summed E-state index contributed by atoms with van der Waals surface area (Å²) < 4.78 is 22.4. The molecule has 0 bridgehead atoms. The van der Waals surface area contributed by atoms with Crippen molar-refractivity contribution in [2.45, 2.75) is 19.9 Å². The zero-order valence-corrected chi connectivity index (χ0v) is 10.8. The summed E-state index contributed by atoms with van der Waals surface area (Å²) in [5.74, 6) is -1.07. The van der Waals surface area contributed by atoms with Gasteiger partial charge in [0, 0.05) is 6.04 Å². The molecular weight excluding hydrogens is 253 g/mol. The van der Waals surface area contributed by atoms with Gasteiger partial charge in [-0.25, -0.2) is 9.18 Å². The van der Waals surface area contributed by atoms with E-state index in [-0.39, 0.29) is 31.0 Å². The van der Waals surface area contributed by atoms with Gasteiger partial charge >= 0.3 is 5.97 Å². The second kappa shape index (κ2) is 7.35. The van der Waals surface area contributed by atoms with Crippen LogP contribution in [-0.2, 0) is 14.3 Å². The van der Waals surface area contributed by atoms with Crippen LogP contribution in [0, 0.1) is 5.82 Å². The summed E-state index contributed by atoms with van der Waals surface area (Å²) in [6.07, 6.45) is 0. The van der Waals surface area contributed by atoms with E-state index in [9.17, 15) is 14.0 Å². The number of carbonyl (C=O) groups excluding carboxylic acids is 2. The number of benzene rings is 1. The number of carbonyl (C=O) groups is 2. The second-order valence-corrected chi connectivity index (χ2v) is 4.13. The third kappa shape index (κ3) is 6.40. The van der Waals surface area contributed by atoms with Gasteiger partial charge in [-0.15, -0.1) is 0 Å². The molecule has 0 aliphatic rings. The van der Waals surface area contributed by atoms with E-state index in [4.69, 9.17) is 9.47 Å². The molecule has 1 rings (SSSR count). The van der Waals surface area contributed by atoms with Crippen molar-refractivity contribution in [2.24, 2.45) is 0 Å². The molecule has 0 radical (unpaired) electrons. The van der Waals surface area contributed by atoms with Gasteiger partial charge in [0.2, 0.25) is 0 Å². The van der Waals surface area contributed by atoms with E-state index < -0.39 is 5.97 Å². The highest BCUT2D eigenvalue weighted by Gasteiger charge is 2.09. The highest BCUT2D eigenvalue weighted by Crippen LogP contribution is 2.10. The summed E-state index contributed by atoms with van der Waals surface area (Å²) in [5.41, 5.74) is 0. The number of hydrogen-bond donors (Lipinski definition) is 1. The standard InChI is InChI=1S/C13H16FNO4/c1-9(2)15-12(16)7-19-13(17)8-18-11-5-3-10(14)4-6-11/h3-6,9H,7-8H2,1-2H3,(H,15,16). The van der Waals surface area contributed by atoms with Crippen LogP contribution in [0.15, 0.2) is 24.3 Å². The van der Waals surface area contributed by atoms with Gasteiger partial charge in [0.05, 0.1) is 0 Å². The Bertz CT molecular complexity index is 431. The van der Waals surface area contributed by atoms with E-state index in [1.165, 1.54) is 24.3 Å². The molecule has 1 aromatic carbocycles. The first kappa shape index (κ1) is 14.9. The van der Waals surface area contributed by atoms with Crippen LogP contribution in [-0.4, -0.2) is 31.1 Å². The summed E-state index contributed by atoms with van der Waals surface area (Å²) in [5, 5.41) is 2.58. The van der Waals surface area contributed by atoms with Crippen molar-refractivity contribution in [3.05, 3.63) is 30.1 Å². The molecule has 0 unspecified atom stereocenters. The monoisotopic (exact) mass is 269 g/mol. The molecule has 0 spiro atoms. The molecule has 0 aromatic heterocycles. The fourth-order valence-electron chi connectivity index (χ4n) is 1.22. The van der Waals surface area contributed by atoms with E-state index >= 15 is 0 Å².